The number of ether oxygens (including phenoxy) is 2. The van der Waals surface area contributed by atoms with Crippen LogP contribution >= 0.6 is 0 Å². The molecule has 5 rings (SSSR count). The van der Waals surface area contributed by atoms with Crippen LogP contribution in [0.15, 0.2) is 16.7 Å². The Morgan fingerprint density at radius 3 is 2.64 bits per heavy atom. The van der Waals surface area contributed by atoms with Crippen LogP contribution < -0.4 is 9.47 Å². The van der Waals surface area contributed by atoms with Crippen molar-refractivity contribution in [3.8, 4) is 11.5 Å². The third-order valence-corrected chi connectivity index (χ3v) is 6.67. The lowest BCUT2D eigenvalue weighted by molar-refractivity contribution is 0.111. The van der Waals surface area contributed by atoms with Crippen molar-refractivity contribution < 1.29 is 14.0 Å². The zero-order valence-corrected chi connectivity index (χ0v) is 16.9. The van der Waals surface area contributed by atoms with Gasteiger partial charge in [-0.3, -0.25) is 4.90 Å². The number of rotatable bonds is 4. The van der Waals surface area contributed by atoms with Crippen molar-refractivity contribution in [1.82, 2.24) is 15.0 Å². The van der Waals surface area contributed by atoms with Crippen molar-refractivity contribution in [2.75, 3.05) is 19.8 Å². The molecule has 1 aromatic heterocycles. The number of hydrogen-bond donors (Lipinski definition) is 0. The summed E-state index contributed by atoms with van der Waals surface area (Å²) in [5.74, 6) is 3.34. The van der Waals surface area contributed by atoms with E-state index in [1.807, 2.05) is 0 Å². The van der Waals surface area contributed by atoms with Gasteiger partial charge in [0.25, 0.3) is 0 Å². The highest BCUT2D eigenvalue weighted by Gasteiger charge is 2.45. The van der Waals surface area contributed by atoms with E-state index in [1.54, 1.807) is 0 Å². The Morgan fingerprint density at radius 1 is 1.14 bits per heavy atom. The second kappa shape index (κ2) is 7.07. The van der Waals surface area contributed by atoms with E-state index in [2.05, 4.69) is 41.0 Å². The third kappa shape index (κ3) is 2.98. The van der Waals surface area contributed by atoms with E-state index >= 15 is 0 Å². The van der Waals surface area contributed by atoms with Gasteiger partial charge in [0, 0.05) is 24.4 Å². The quantitative estimate of drug-likeness (QED) is 0.789. The fourth-order valence-corrected chi connectivity index (χ4v) is 5.24. The molecule has 6 nitrogen and oxygen atoms in total. The van der Waals surface area contributed by atoms with Gasteiger partial charge in [-0.1, -0.05) is 24.9 Å². The van der Waals surface area contributed by atoms with Gasteiger partial charge in [-0.2, -0.15) is 4.98 Å². The fourth-order valence-electron chi connectivity index (χ4n) is 5.24. The summed E-state index contributed by atoms with van der Waals surface area (Å²) in [5, 5.41) is 4.14. The van der Waals surface area contributed by atoms with Gasteiger partial charge < -0.3 is 14.0 Å². The number of hydrogen-bond acceptors (Lipinski definition) is 6. The molecule has 1 saturated carbocycles. The average Bonchev–Trinajstić information content (AvgIpc) is 3.36. The van der Waals surface area contributed by atoms with Gasteiger partial charge in [-0.05, 0) is 49.4 Å². The zero-order chi connectivity index (χ0) is 19.1. The predicted octanol–water partition coefficient (Wildman–Crippen LogP) is 4.18. The minimum absolute atomic E-state index is 0.198. The number of nitrogens with zero attached hydrogens (tertiary/aromatic N) is 3. The summed E-state index contributed by atoms with van der Waals surface area (Å²) < 4.78 is 17.3. The number of aryl methyl sites for hydroxylation is 1. The largest absolute Gasteiger partial charge is 0.486 e. The van der Waals surface area contributed by atoms with Crippen LogP contribution in [0.5, 0.6) is 11.5 Å². The Morgan fingerprint density at radius 2 is 1.89 bits per heavy atom. The van der Waals surface area contributed by atoms with Crippen LogP contribution in [0.2, 0.25) is 0 Å². The molecule has 3 heterocycles. The first-order chi connectivity index (χ1) is 13.7. The minimum atomic E-state index is 0.198. The molecule has 1 unspecified atom stereocenters. The normalized spacial score (nSPS) is 23.1. The maximum atomic E-state index is 5.90. The van der Waals surface area contributed by atoms with Gasteiger partial charge in [0.05, 0.1) is 6.54 Å². The Bertz CT molecular complexity index is 857. The van der Waals surface area contributed by atoms with Crippen LogP contribution in [0.3, 0.4) is 0 Å². The molecule has 150 valence electrons. The van der Waals surface area contributed by atoms with E-state index in [9.17, 15) is 0 Å². The molecule has 1 atom stereocenters. The van der Waals surface area contributed by atoms with Gasteiger partial charge in [0.1, 0.15) is 13.2 Å². The summed E-state index contributed by atoms with van der Waals surface area (Å²) in [5.41, 5.74) is 3.03. The lowest BCUT2D eigenvalue weighted by Gasteiger charge is -2.46. The monoisotopic (exact) mass is 383 g/mol. The van der Waals surface area contributed by atoms with E-state index in [4.69, 9.17) is 14.0 Å². The van der Waals surface area contributed by atoms with E-state index in [0.29, 0.717) is 19.8 Å². The maximum Gasteiger partial charge on any atom is 0.240 e. The van der Waals surface area contributed by atoms with Crippen molar-refractivity contribution in [2.24, 2.45) is 0 Å². The highest BCUT2D eigenvalue weighted by molar-refractivity contribution is 5.53. The average molecular weight is 383 g/mol. The standard InChI is InChI=1S/C22H29N3O3/c1-3-6-20-23-21(28-24-20)13-25-14-22(7-4-5-8-22)17-12-19-18(26-9-10-27-19)11-16(17)15(25)2/h11-12,15H,3-10,13-14H2,1-2H3. The Kier molecular flexibility index (Phi) is 4.54. The second-order valence-electron chi connectivity index (χ2n) is 8.51. The molecular weight excluding hydrogens is 354 g/mol. The highest BCUT2D eigenvalue weighted by atomic mass is 16.6. The molecule has 3 aliphatic rings. The molecule has 1 fully saturated rings. The number of fused-ring (bicyclic) bond motifs is 3. The Labute approximate surface area is 166 Å². The molecule has 6 heteroatoms. The van der Waals surface area contributed by atoms with E-state index in [-0.39, 0.29) is 11.5 Å². The molecule has 1 aromatic carbocycles. The van der Waals surface area contributed by atoms with Crippen LogP contribution in [0.4, 0.5) is 0 Å². The summed E-state index contributed by atoms with van der Waals surface area (Å²) in [6.07, 6.45) is 6.94. The van der Waals surface area contributed by atoms with Crippen molar-refractivity contribution in [1.29, 1.82) is 0 Å². The van der Waals surface area contributed by atoms with E-state index < -0.39 is 0 Å². The molecule has 1 spiro atoms. The van der Waals surface area contributed by atoms with Gasteiger partial charge in [0.2, 0.25) is 5.89 Å². The first-order valence-corrected chi connectivity index (χ1v) is 10.7. The number of benzene rings is 1. The lowest BCUT2D eigenvalue weighted by atomic mass is 9.71. The van der Waals surface area contributed by atoms with Crippen LogP contribution in [0, 0.1) is 0 Å². The molecule has 0 amide bonds. The topological polar surface area (TPSA) is 60.6 Å². The van der Waals surface area contributed by atoms with Gasteiger partial charge in [-0.25, -0.2) is 0 Å². The lowest BCUT2D eigenvalue weighted by Crippen LogP contribution is -2.45. The van der Waals surface area contributed by atoms with Gasteiger partial charge in [0.15, 0.2) is 17.3 Å². The molecule has 2 aliphatic heterocycles. The maximum absolute atomic E-state index is 5.90. The highest BCUT2D eigenvalue weighted by Crippen LogP contribution is 2.52. The molecule has 28 heavy (non-hydrogen) atoms. The summed E-state index contributed by atoms with van der Waals surface area (Å²) >= 11 is 0. The number of aromatic nitrogens is 2. The zero-order valence-electron chi connectivity index (χ0n) is 16.9. The third-order valence-electron chi connectivity index (χ3n) is 6.67. The SMILES string of the molecule is CCCc1noc(CN2CC3(CCCC3)c3cc4c(cc3C2C)OCCO4)n1. The van der Waals surface area contributed by atoms with Crippen molar-refractivity contribution >= 4 is 0 Å². The van der Waals surface area contributed by atoms with Crippen LogP contribution in [0.25, 0.3) is 0 Å². The first-order valence-electron chi connectivity index (χ1n) is 10.7. The van der Waals surface area contributed by atoms with E-state index in [0.717, 1.165) is 42.6 Å². The summed E-state index contributed by atoms with van der Waals surface area (Å²) in [6, 6.07) is 4.77. The van der Waals surface area contributed by atoms with E-state index in [1.165, 1.54) is 36.8 Å². The minimum Gasteiger partial charge on any atom is -0.486 e. The molecule has 0 bridgehead atoms. The summed E-state index contributed by atoms with van der Waals surface area (Å²) in [6.45, 7) is 7.41. The Hall–Kier alpha value is -2.08. The second-order valence-corrected chi connectivity index (χ2v) is 8.51. The van der Waals surface area contributed by atoms with Crippen LogP contribution in [-0.2, 0) is 18.4 Å². The molecule has 2 aromatic rings. The first kappa shape index (κ1) is 18.0. The fraction of sp³-hybridized carbons (Fsp3) is 0.636. The smallest absolute Gasteiger partial charge is 0.240 e. The molecule has 0 saturated heterocycles. The van der Waals surface area contributed by atoms with Crippen molar-refractivity contribution in [2.45, 2.75) is 70.4 Å². The van der Waals surface area contributed by atoms with Gasteiger partial charge >= 0.3 is 0 Å². The van der Waals surface area contributed by atoms with Crippen molar-refractivity contribution in [3.05, 3.63) is 35.0 Å². The molecule has 1 aliphatic carbocycles. The van der Waals surface area contributed by atoms with Gasteiger partial charge in [-0.15, -0.1) is 0 Å². The predicted molar refractivity (Wildman–Crippen MR) is 105 cm³/mol. The van der Waals surface area contributed by atoms with Crippen LogP contribution in [0.1, 0.15) is 74.8 Å². The van der Waals surface area contributed by atoms with Crippen molar-refractivity contribution in [3.63, 3.8) is 0 Å². The van der Waals surface area contributed by atoms with Crippen LogP contribution in [-0.4, -0.2) is 34.8 Å². The molecular formula is C22H29N3O3. The summed E-state index contributed by atoms with van der Waals surface area (Å²) in [4.78, 5) is 7.11. The molecule has 0 N–H and O–H groups in total. The Balaban J connectivity index is 1.50. The summed E-state index contributed by atoms with van der Waals surface area (Å²) in [7, 11) is 0. The molecule has 0 radical (unpaired) electrons.